The first kappa shape index (κ1) is 13.7. The van der Waals surface area contributed by atoms with Gasteiger partial charge in [0.1, 0.15) is 0 Å². The van der Waals surface area contributed by atoms with Gasteiger partial charge >= 0.3 is 0 Å². The van der Waals surface area contributed by atoms with E-state index in [9.17, 15) is 0 Å². The highest BCUT2D eigenvalue weighted by atomic mass is 15.4. The van der Waals surface area contributed by atoms with Crippen LogP contribution in [0.3, 0.4) is 0 Å². The Balaban J connectivity index is 1.94. The molecule has 112 valence electrons. The Hall–Kier alpha value is -2.22. The SMILES string of the molecule is CCCCN(c1nc(NN)nc(-n2cccn2)n1)C1CC1. The fourth-order valence-electron chi connectivity index (χ4n) is 2.20. The summed E-state index contributed by atoms with van der Waals surface area (Å²) in [5, 5.41) is 4.16. The molecule has 3 N–H and O–H groups in total. The number of nitrogens with one attached hydrogen (secondary N) is 1. The summed E-state index contributed by atoms with van der Waals surface area (Å²) in [5.41, 5.74) is 2.51. The Kier molecular flexibility index (Phi) is 3.96. The van der Waals surface area contributed by atoms with E-state index in [1.54, 1.807) is 17.1 Å². The fourth-order valence-corrected chi connectivity index (χ4v) is 2.20. The van der Waals surface area contributed by atoms with Crippen LogP contribution in [0, 0.1) is 0 Å². The van der Waals surface area contributed by atoms with E-state index in [0.717, 1.165) is 19.4 Å². The molecule has 0 atom stereocenters. The monoisotopic (exact) mass is 288 g/mol. The van der Waals surface area contributed by atoms with Crippen LogP contribution in [0.4, 0.5) is 11.9 Å². The molecule has 2 aromatic heterocycles. The van der Waals surface area contributed by atoms with Crippen LogP contribution < -0.4 is 16.2 Å². The molecule has 8 nitrogen and oxygen atoms in total. The summed E-state index contributed by atoms with van der Waals surface area (Å²) in [6.07, 6.45) is 8.13. The lowest BCUT2D eigenvalue weighted by atomic mass is 10.3. The number of anilines is 2. The van der Waals surface area contributed by atoms with Gasteiger partial charge in [0, 0.05) is 25.0 Å². The standard InChI is InChI=1S/C13H20N8/c1-2-3-8-20(10-5-6-10)12-16-11(19-14)17-13(18-12)21-9-4-7-15-21/h4,7,9-10H,2-3,5-6,8,14H2,1H3,(H,16,17,18,19). The number of hydrogen-bond donors (Lipinski definition) is 2. The number of nitrogens with zero attached hydrogens (tertiary/aromatic N) is 6. The Morgan fingerprint density at radius 2 is 2.24 bits per heavy atom. The van der Waals surface area contributed by atoms with Gasteiger partial charge in [0.15, 0.2) is 0 Å². The van der Waals surface area contributed by atoms with Crippen molar-refractivity contribution >= 4 is 11.9 Å². The van der Waals surface area contributed by atoms with E-state index in [2.05, 4.69) is 37.3 Å². The zero-order valence-corrected chi connectivity index (χ0v) is 12.1. The van der Waals surface area contributed by atoms with Crippen LogP contribution in [0.1, 0.15) is 32.6 Å². The maximum atomic E-state index is 5.48. The predicted octanol–water partition coefficient (Wildman–Crippen LogP) is 1.11. The van der Waals surface area contributed by atoms with Crippen LogP contribution in [0.2, 0.25) is 0 Å². The second-order valence-electron chi connectivity index (χ2n) is 5.13. The molecule has 0 aliphatic heterocycles. The Morgan fingerprint density at radius 3 is 2.86 bits per heavy atom. The summed E-state index contributed by atoms with van der Waals surface area (Å²) < 4.78 is 1.61. The lowest BCUT2D eigenvalue weighted by molar-refractivity contribution is 0.684. The van der Waals surface area contributed by atoms with Gasteiger partial charge in [-0.2, -0.15) is 20.1 Å². The number of nitrogens with two attached hydrogens (primary N) is 1. The highest BCUT2D eigenvalue weighted by Crippen LogP contribution is 2.30. The molecule has 8 heteroatoms. The fraction of sp³-hybridized carbons (Fsp3) is 0.538. The molecule has 0 amide bonds. The molecule has 2 heterocycles. The summed E-state index contributed by atoms with van der Waals surface area (Å²) >= 11 is 0. The van der Waals surface area contributed by atoms with Crippen molar-refractivity contribution in [2.45, 2.75) is 38.6 Å². The van der Waals surface area contributed by atoms with E-state index >= 15 is 0 Å². The zero-order valence-electron chi connectivity index (χ0n) is 12.1. The third kappa shape index (κ3) is 3.10. The zero-order chi connectivity index (χ0) is 14.7. The van der Waals surface area contributed by atoms with E-state index in [4.69, 9.17) is 5.84 Å². The second kappa shape index (κ2) is 6.04. The third-order valence-electron chi connectivity index (χ3n) is 3.45. The van der Waals surface area contributed by atoms with Gasteiger partial charge in [0.05, 0.1) is 0 Å². The molecule has 0 bridgehead atoms. The first-order chi connectivity index (χ1) is 10.3. The first-order valence-electron chi connectivity index (χ1n) is 7.31. The van der Waals surface area contributed by atoms with Crippen LogP contribution in [-0.4, -0.2) is 37.3 Å². The van der Waals surface area contributed by atoms with Crippen LogP contribution in [0.5, 0.6) is 0 Å². The molecule has 3 rings (SSSR count). The third-order valence-corrected chi connectivity index (χ3v) is 3.45. The summed E-state index contributed by atoms with van der Waals surface area (Å²) in [7, 11) is 0. The second-order valence-corrected chi connectivity index (χ2v) is 5.13. The van der Waals surface area contributed by atoms with Gasteiger partial charge in [-0.15, -0.1) is 0 Å². The lowest BCUT2D eigenvalue weighted by Gasteiger charge is -2.22. The number of nitrogen functional groups attached to an aromatic ring is 1. The number of unbranched alkanes of at least 4 members (excludes halogenated alkanes) is 1. The van der Waals surface area contributed by atoms with Crippen molar-refractivity contribution in [3.05, 3.63) is 18.5 Å². The van der Waals surface area contributed by atoms with Crippen molar-refractivity contribution in [2.75, 3.05) is 16.9 Å². The molecule has 1 aliphatic rings. The maximum Gasteiger partial charge on any atom is 0.257 e. The summed E-state index contributed by atoms with van der Waals surface area (Å²) in [5.74, 6) is 6.97. The number of hydrogen-bond acceptors (Lipinski definition) is 7. The van der Waals surface area contributed by atoms with Crippen molar-refractivity contribution < 1.29 is 0 Å². The van der Waals surface area contributed by atoms with Crippen molar-refractivity contribution in [1.29, 1.82) is 0 Å². The molecule has 21 heavy (non-hydrogen) atoms. The largest absolute Gasteiger partial charge is 0.338 e. The molecular formula is C13H20N8. The van der Waals surface area contributed by atoms with Crippen LogP contribution >= 0.6 is 0 Å². The van der Waals surface area contributed by atoms with Gasteiger partial charge in [-0.05, 0) is 25.3 Å². The summed E-state index contributed by atoms with van der Waals surface area (Å²) in [4.78, 5) is 15.5. The molecule has 1 fully saturated rings. The van der Waals surface area contributed by atoms with Gasteiger partial charge in [-0.25, -0.2) is 10.5 Å². The van der Waals surface area contributed by atoms with Crippen molar-refractivity contribution in [3.63, 3.8) is 0 Å². The average Bonchev–Trinajstić information content (AvgIpc) is 3.20. The van der Waals surface area contributed by atoms with E-state index < -0.39 is 0 Å². The minimum absolute atomic E-state index is 0.354. The molecule has 0 radical (unpaired) electrons. The highest BCUT2D eigenvalue weighted by molar-refractivity contribution is 5.41. The van der Waals surface area contributed by atoms with E-state index in [0.29, 0.717) is 23.9 Å². The Labute approximate surface area is 123 Å². The number of aromatic nitrogens is 5. The Bertz CT molecular complexity index is 578. The topological polar surface area (TPSA) is 97.8 Å². The van der Waals surface area contributed by atoms with E-state index in [1.807, 2.05) is 6.07 Å². The molecule has 0 unspecified atom stereocenters. The van der Waals surface area contributed by atoms with Gasteiger partial charge in [-0.3, -0.25) is 5.43 Å². The molecular weight excluding hydrogens is 268 g/mol. The lowest BCUT2D eigenvalue weighted by Crippen LogP contribution is -2.30. The highest BCUT2D eigenvalue weighted by Gasteiger charge is 2.31. The Morgan fingerprint density at radius 1 is 1.38 bits per heavy atom. The van der Waals surface area contributed by atoms with Gasteiger partial charge < -0.3 is 4.90 Å². The molecule has 2 aromatic rings. The van der Waals surface area contributed by atoms with Crippen LogP contribution in [0.15, 0.2) is 18.5 Å². The number of rotatable bonds is 7. The minimum Gasteiger partial charge on any atom is -0.338 e. The minimum atomic E-state index is 0.354. The normalized spacial score (nSPS) is 14.2. The van der Waals surface area contributed by atoms with Gasteiger partial charge in [0.25, 0.3) is 5.95 Å². The molecule has 1 aliphatic carbocycles. The van der Waals surface area contributed by atoms with Crippen molar-refractivity contribution in [1.82, 2.24) is 24.7 Å². The smallest absolute Gasteiger partial charge is 0.257 e. The predicted molar refractivity (Wildman–Crippen MR) is 80.0 cm³/mol. The molecule has 0 spiro atoms. The quantitative estimate of drug-likeness (QED) is 0.581. The van der Waals surface area contributed by atoms with Gasteiger partial charge in [-0.1, -0.05) is 13.3 Å². The van der Waals surface area contributed by atoms with Crippen LogP contribution in [0.25, 0.3) is 5.95 Å². The van der Waals surface area contributed by atoms with E-state index in [1.165, 1.54) is 12.8 Å². The summed E-state index contributed by atoms with van der Waals surface area (Å²) in [6, 6.07) is 2.37. The molecule has 0 saturated heterocycles. The molecule has 0 aromatic carbocycles. The van der Waals surface area contributed by atoms with Gasteiger partial charge in [0.2, 0.25) is 11.9 Å². The maximum absolute atomic E-state index is 5.48. The number of hydrazine groups is 1. The van der Waals surface area contributed by atoms with Crippen molar-refractivity contribution in [2.24, 2.45) is 5.84 Å². The van der Waals surface area contributed by atoms with E-state index in [-0.39, 0.29) is 0 Å². The molecule has 1 saturated carbocycles. The summed E-state index contributed by atoms with van der Waals surface area (Å²) in [6.45, 7) is 3.13. The van der Waals surface area contributed by atoms with Crippen molar-refractivity contribution in [3.8, 4) is 5.95 Å². The average molecular weight is 288 g/mol. The first-order valence-corrected chi connectivity index (χ1v) is 7.31. The van der Waals surface area contributed by atoms with Crippen LogP contribution in [-0.2, 0) is 0 Å².